The number of rotatable bonds is 6. The van der Waals surface area contributed by atoms with Gasteiger partial charge >= 0.3 is 11.9 Å². The van der Waals surface area contributed by atoms with Gasteiger partial charge in [-0.15, -0.1) is 0 Å². The van der Waals surface area contributed by atoms with Crippen LogP contribution in [-0.4, -0.2) is 33.9 Å². The molecule has 1 aromatic rings. The van der Waals surface area contributed by atoms with E-state index >= 15 is 0 Å². The Hall–Kier alpha value is -1.85. The van der Waals surface area contributed by atoms with Crippen LogP contribution in [0.5, 0.6) is 0 Å². The summed E-state index contributed by atoms with van der Waals surface area (Å²) in [4.78, 5) is 22.9. The van der Waals surface area contributed by atoms with Gasteiger partial charge in [0.2, 0.25) is 0 Å². The molecule has 19 heavy (non-hydrogen) atoms. The van der Waals surface area contributed by atoms with Gasteiger partial charge in [-0.25, -0.2) is 0 Å². The highest BCUT2D eigenvalue weighted by molar-refractivity contribution is 5.98. The summed E-state index contributed by atoms with van der Waals surface area (Å²) in [5.74, 6) is -1.98. The average molecular weight is 268 g/mol. The summed E-state index contributed by atoms with van der Waals surface area (Å²) < 4.78 is 6.34. The van der Waals surface area contributed by atoms with Gasteiger partial charge in [0.1, 0.15) is 0 Å². The van der Waals surface area contributed by atoms with Crippen molar-refractivity contribution in [1.29, 1.82) is 0 Å². The van der Waals surface area contributed by atoms with Gasteiger partial charge in [0.05, 0.1) is 12.8 Å². The molecule has 1 N–H and O–H groups in total. The lowest BCUT2D eigenvalue weighted by Gasteiger charge is -2.20. The fraction of sp³-hybridized carbons (Fsp3) is 0.615. The third-order valence-electron chi connectivity index (χ3n) is 3.35. The molecule has 2 atom stereocenters. The molecule has 0 amide bonds. The highest BCUT2D eigenvalue weighted by Gasteiger charge is 2.43. The predicted octanol–water partition coefficient (Wildman–Crippen LogP) is 1.66. The fourth-order valence-corrected chi connectivity index (χ4v) is 1.73. The molecule has 0 aliphatic heterocycles. The smallest absolute Gasteiger partial charge is 0.323 e. The van der Waals surface area contributed by atoms with Crippen LogP contribution < -0.4 is 0 Å². The van der Waals surface area contributed by atoms with Crippen molar-refractivity contribution >= 4 is 11.9 Å². The molecule has 106 valence electrons. The predicted molar refractivity (Wildman–Crippen MR) is 68.7 cm³/mol. The molecule has 0 spiro atoms. The van der Waals surface area contributed by atoms with Crippen molar-refractivity contribution in [3.8, 4) is 0 Å². The number of carbonyl (C=O) groups is 2. The summed E-state index contributed by atoms with van der Waals surface area (Å²) in [5, 5.41) is 13.5. The Morgan fingerprint density at radius 3 is 2.68 bits per heavy atom. The number of methoxy groups -OCH3 is 1. The largest absolute Gasteiger partial charge is 0.480 e. The van der Waals surface area contributed by atoms with Crippen LogP contribution in [0.1, 0.15) is 38.9 Å². The molecule has 6 heteroatoms. The molecular weight excluding hydrogens is 248 g/mol. The number of carbonyl (C=O) groups excluding carboxylic acids is 1. The zero-order chi connectivity index (χ0) is 14.6. The van der Waals surface area contributed by atoms with Crippen LogP contribution in [0.3, 0.4) is 0 Å². The number of hydrogen-bond donors (Lipinski definition) is 1. The number of aliphatic carboxylic acids is 1. The Balaban J connectivity index is 2.95. The van der Waals surface area contributed by atoms with E-state index in [1.165, 1.54) is 14.0 Å². The quantitative estimate of drug-likeness (QED) is 0.626. The van der Waals surface area contributed by atoms with Crippen LogP contribution in [0.4, 0.5) is 0 Å². The molecule has 6 nitrogen and oxygen atoms in total. The van der Waals surface area contributed by atoms with E-state index in [-0.39, 0.29) is 12.5 Å². The summed E-state index contributed by atoms with van der Waals surface area (Å²) in [5.41, 5.74) is -1.04. The first-order valence-electron chi connectivity index (χ1n) is 6.21. The molecule has 2 unspecified atom stereocenters. The number of ether oxygens (including phenoxy) is 1. The van der Waals surface area contributed by atoms with Crippen molar-refractivity contribution in [2.45, 2.75) is 39.7 Å². The van der Waals surface area contributed by atoms with Gasteiger partial charge in [-0.1, -0.05) is 6.92 Å². The average Bonchev–Trinajstić information content (AvgIpc) is 2.84. The standard InChI is InChI=1S/C13H20N2O4/c1-5-9(2)15-7-6-10(14-15)8-13(3,11(16)17)12(18)19-4/h6-7,9H,5,8H2,1-4H3,(H,16,17). The minimum atomic E-state index is -1.61. The van der Waals surface area contributed by atoms with Crippen molar-refractivity contribution < 1.29 is 19.4 Å². The van der Waals surface area contributed by atoms with Gasteiger partial charge in [-0.05, 0) is 26.3 Å². The third kappa shape index (κ3) is 3.13. The topological polar surface area (TPSA) is 81.4 Å². The Labute approximate surface area is 112 Å². The molecule has 0 saturated heterocycles. The molecule has 1 rings (SSSR count). The maximum atomic E-state index is 11.6. The first kappa shape index (κ1) is 15.2. The molecule has 1 aromatic heterocycles. The highest BCUT2D eigenvalue weighted by Crippen LogP contribution is 2.24. The summed E-state index contributed by atoms with van der Waals surface area (Å²) >= 11 is 0. The van der Waals surface area contributed by atoms with E-state index in [1.54, 1.807) is 16.9 Å². The monoisotopic (exact) mass is 268 g/mol. The number of aromatic nitrogens is 2. The minimum Gasteiger partial charge on any atom is -0.480 e. The zero-order valence-electron chi connectivity index (χ0n) is 11.7. The fourth-order valence-electron chi connectivity index (χ4n) is 1.73. The van der Waals surface area contributed by atoms with E-state index < -0.39 is 17.4 Å². The minimum absolute atomic E-state index is 0.0123. The first-order chi connectivity index (χ1) is 8.85. The van der Waals surface area contributed by atoms with Gasteiger partial charge in [0.15, 0.2) is 5.41 Å². The van der Waals surface area contributed by atoms with E-state index in [0.29, 0.717) is 5.69 Å². The SMILES string of the molecule is CCC(C)n1ccc(CC(C)(C(=O)O)C(=O)OC)n1. The van der Waals surface area contributed by atoms with Crippen LogP contribution in [0.2, 0.25) is 0 Å². The third-order valence-corrected chi connectivity index (χ3v) is 3.35. The van der Waals surface area contributed by atoms with Gasteiger partial charge in [0, 0.05) is 18.7 Å². The number of carboxylic acids is 1. The van der Waals surface area contributed by atoms with Crippen LogP contribution >= 0.6 is 0 Å². The molecular formula is C13H20N2O4. The summed E-state index contributed by atoms with van der Waals surface area (Å²) in [6.07, 6.45) is 2.73. The number of carboxylic acid groups (broad SMARTS) is 1. The highest BCUT2D eigenvalue weighted by atomic mass is 16.5. The van der Waals surface area contributed by atoms with E-state index in [9.17, 15) is 14.7 Å². The molecule has 0 radical (unpaired) electrons. The van der Waals surface area contributed by atoms with Crippen molar-refractivity contribution in [3.05, 3.63) is 18.0 Å². The van der Waals surface area contributed by atoms with Crippen LogP contribution in [0.25, 0.3) is 0 Å². The molecule has 0 aromatic carbocycles. The second-order valence-corrected chi connectivity index (χ2v) is 4.85. The Morgan fingerprint density at radius 2 is 2.21 bits per heavy atom. The van der Waals surface area contributed by atoms with Gasteiger partial charge in [0.25, 0.3) is 0 Å². The van der Waals surface area contributed by atoms with Crippen molar-refractivity contribution in [2.75, 3.05) is 7.11 Å². The summed E-state index contributed by atoms with van der Waals surface area (Å²) in [7, 11) is 1.18. The van der Waals surface area contributed by atoms with E-state index in [0.717, 1.165) is 6.42 Å². The Kier molecular flexibility index (Phi) is 4.69. The van der Waals surface area contributed by atoms with Crippen molar-refractivity contribution in [2.24, 2.45) is 5.41 Å². The molecule has 0 bridgehead atoms. The van der Waals surface area contributed by atoms with Gasteiger partial charge in [-0.3, -0.25) is 14.3 Å². The van der Waals surface area contributed by atoms with E-state index in [2.05, 4.69) is 9.84 Å². The lowest BCUT2D eigenvalue weighted by Crippen LogP contribution is -2.39. The lowest BCUT2D eigenvalue weighted by molar-refractivity contribution is -0.165. The normalized spacial score (nSPS) is 15.6. The number of esters is 1. The van der Waals surface area contributed by atoms with E-state index in [4.69, 9.17) is 0 Å². The Morgan fingerprint density at radius 1 is 1.58 bits per heavy atom. The zero-order valence-corrected chi connectivity index (χ0v) is 11.7. The lowest BCUT2D eigenvalue weighted by atomic mass is 9.85. The van der Waals surface area contributed by atoms with Crippen molar-refractivity contribution in [1.82, 2.24) is 9.78 Å². The van der Waals surface area contributed by atoms with Gasteiger partial charge in [-0.2, -0.15) is 5.10 Å². The van der Waals surface area contributed by atoms with Crippen LogP contribution in [0.15, 0.2) is 12.3 Å². The molecule has 0 aliphatic carbocycles. The number of nitrogens with zero attached hydrogens (tertiary/aromatic N) is 2. The molecule has 0 saturated carbocycles. The summed E-state index contributed by atoms with van der Waals surface area (Å²) in [6.45, 7) is 5.42. The maximum Gasteiger partial charge on any atom is 0.323 e. The second-order valence-electron chi connectivity index (χ2n) is 4.85. The van der Waals surface area contributed by atoms with Gasteiger partial charge < -0.3 is 9.84 Å². The molecule has 0 aliphatic rings. The number of hydrogen-bond acceptors (Lipinski definition) is 4. The summed E-state index contributed by atoms with van der Waals surface area (Å²) in [6, 6.07) is 1.97. The second kappa shape index (κ2) is 5.86. The maximum absolute atomic E-state index is 11.6. The first-order valence-corrected chi connectivity index (χ1v) is 6.21. The molecule has 0 fully saturated rings. The molecule has 1 heterocycles. The van der Waals surface area contributed by atoms with Crippen LogP contribution in [-0.2, 0) is 20.7 Å². The van der Waals surface area contributed by atoms with Crippen molar-refractivity contribution in [3.63, 3.8) is 0 Å². The van der Waals surface area contributed by atoms with E-state index in [1.807, 2.05) is 13.8 Å². The Bertz CT molecular complexity index is 469. The van der Waals surface area contributed by atoms with Crippen LogP contribution in [0, 0.1) is 5.41 Å².